The SMILES string of the molecule is CCCS(=O)(=O)NCC1C(C)(C)C1(C)C. The fraction of sp³-hybridized carbons (Fsp3) is 1.00. The van der Waals surface area contributed by atoms with Gasteiger partial charge in [-0.2, -0.15) is 0 Å². The Labute approximate surface area is 93.7 Å². The summed E-state index contributed by atoms with van der Waals surface area (Å²) in [6, 6.07) is 0. The van der Waals surface area contributed by atoms with E-state index in [1.54, 1.807) is 0 Å². The van der Waals surface area contributed by atoms with Crippen molar-refractivity contribution in [3.63, 3.8) is 0 Å². The molecule has 0 unspecified atom stereocenters. The Morgan fingerprint density at radius 2 is 1.60 bits per heavy atom. The third kappa shape index (κ3) is 2.36. The lowest BCUT2D eigenvalue weighted by Crippen LogP contribution is -2.29. The first-order chi connectivity index (χ1) is 6.65. The lowest BCUT2D eigenvalue weighted by molar-refractivity contribution is 0.457. The molecule has 0 heterocycles. The molecule has 0 aromatic carbocycles. The van der Waals surface area contributed by atoms with Crippen molar-refractivity contribution >= 4 is 10.0 Å². The van der Waals surface area contributed by atoms with Gasteiger partial charge in [-0.3, -0.25) is 0 Å². The molecule has 1 rings (SSSR count). The maximum absolute atomic E-state index is 11.5. The van der Waals surface area contributed by atoms with Crippen LogP contribution in [-0.4, -0.2) is 20.7 Å². The first-order valence-electron chi connectivity index (χ1n) is 5.62. The Kier molecular flexibility index (Phi) is 3.23. The average molecular weight is 233 g/mol. The van der Waals surface area contributed by atoms with Crippen LogP contribution in [0.4, 0.5) is 0 Å². The Morgan fingerprint density at radius 3 is 1.93 bits per heavy atom. The molecule has 0 aliphatic heterocycles. The van der Waals surface area contributed by atoms with Gasteiger partial charge < -0.3 is 0 Å². The maximum atomic E-state index is 11.5. The molecule has 0 spiro atoms. The molecule has 1 N–H and O–H groups in total. The second-order valence-electron chi connectivity index (χ2n) is 5.66. The Balaban J connectivity index is 2.48. The molecule has 15 heavy (non-hydrogen) atoms. The molecule has 0 radical (unpaired) electrons. The van der Waals surface area contributed by atoms with Crippen molar-refractivity contribution in [3.05, 3.63) is 0 Å². The van der Waals surface area contributed by atoms with Crippen LogP contribution in [0.5, 0.6) is 0 Å². The normalized spacial score (nSPS) is 24.1. The minimum Gasteiger partial charge on any atom is -0.215 e. The van der Waals surface area contributed by atoms with E-state index < -0.39 is 10.0 Å². The van der Waals surface area contributed by atoms with Crippen LogP contribution >= 0.6 is 0 Å². The van der Waals surface area contributed by atoms with Gasteiger partial charge >= 0.3 is 0 Å². The fourth-order valence-electron chi connectivity index (χ4n) is 2.39. The van der Waals surface area contributed by atoms with Gasteiger partial charge in [-0.15, -0.1) is 0 Å². The van der Waals surface area contributed by atoms with E-state index in [9.17, 15) is 8.42 Å². The quantitative estimate of drug-likeness (QED) is 0.789. The first-order valence-corrected chi connectivity index (χ1v) is 7.27. The zero-order chi connectivity index (χ0) is 11.9. The van der Waals surface area contributed by atoms with Crippen molar-refractivity contribution in [2.24, 2.45) is 16.7 Å². The minimum absolute atomic E-state index is 0.237. The number of hydrogen-bond donors (Lipinski definition) is 1. The van der Waals surface area contributed by atoms with Crippen molar-refractivity contribution < 1.29 is 8.42 Å². The van der Waals surface area contributed by atoms with Gasteiger partial charge in [0.25, 0.3) is 0 Å². The molecule has 1 fully saturated rings. The van der Waals surface area contributed by atoms with Gasteiger partial charge in [0.2, 0.25) is 10.0 Å². The smallest absolute Gasteiger partial charge is 0.211 e. The van der Waals surface area contributed by atoms with Crippen LogP contribution < -0.4 is 4.72 Å². The van der Waals surface area contributed by atoms with E-state index in [1.165, 1.54) is 0 Å². The zero-order valence-electron chi connectivity index (χ0n) is 10.4. The van der Waals surface area contributed by atoms with Crippen molar-refractivity contribution in [3.8, 4) is 0 Å². The second-order valence-corrected chi connectivity index (χ2v) is 7.59. The lowest BCUT2D eigenvalue weighted by Gasteiger charge is -2.06. The molecule has 1 aliphatic rings. The summed E-state index contributed by atoms with van der Waals surface area (Å²) < 4.78 is 25.7. The molecular weight excluding hydrogens is 210 g/mol. The highest BCUT2D eigenvalue weighted by molar-refractivity contribution is 7.89. The number of hydrogen-bond acceptors (Lipinski definition) is 2. The van der Waals surface area contributed by atoms with Crippen LogP contribution in [0.2, 0.25) is 0 Å². The number of rotatable bonds is 5. The van der Waals surface area contributed by atoms with Gasteiger partial charge in [-0.25, -0.2) is 13.1 Å². The van der Waals surface area contributed by atoms with E-state index in [0.29, 0.717) is 18.9 Å². The van der Waals surface area contributed by atoms with Crippen LogP contribution in [0.3, 0.4) is 0 Å². The van der Waals surface area contributed by atoms with Crippen LogP contribution in [0.1, 0.15) is 41.0 Å². The summed E-state index contributed by atoms with van der Waals surface area (Å²) in [5.74, 6) is 0.692. The standard InChI is InChI=1S/C11H23NO2S/c1-6-7-15(13,14)12-8-9-10(2,3)11(9,4)5/h9,12H,6-8H2,1-5H3. The molecule has 0 aromatic rings. The third-order valence-electron chi connectivity index (χ3n) is 4.30. The number of sulfonamides is 1. The predicted octanol–water partition coefficient (Wildman–Crippen LogP) is 2.00. The Hall–Kier alpha value is -0.0900. The topological polar surface area (TPSA) is 46.2 Å². The van der Waals surface area contributed by atoms with E-state index in [1.807, 2.05) is 6.92 Å². The molecule has 0 amide bonds. The number of nitrogens with one attached hydrogen (secondary N) is 1. The van der Waals surface area contributed by atoms with Gasteiger partial charge in [0.1, 0.15) is 0 Å². The fourth-order valence-corrected chi connectivity index (χ4v) is 3.50. The van der Waals surface area contributed by atoms with Crippen molar-refractivity contribution in [1.29, 1.82) is 0 Å². The monoisotopic (exact) mass is 233 g/mol. The van der Waals surface area contributed by atoms with Crippen LogP contribution in [0.25, 0.3) is 0 Å². The first kappa shape index (κ1) is 13.0. The Morgan fingerprint density at radius 1 is 1.13 bits per heavy atom. The second kappa shape index (κ2) is 3.74. The molecule has 4 heteroatoms. The van der Waals surface area contributed by atoms with Gasteiger partial charge in [-0.1, -0.05) is 34.6 Å². The van der Waals surface area contributed by atoms with Gasteiger partial charge in [0, 0.05) is 6.54 Å². The van der Waals surface area contributed by atoms with Crippen LogP contribution in [-0.2, 0) is 10.0 Å². The van der Waals surface area contributed by atoms with Crippen LogP contribution in [0, 0.1) is 16.7 Å². The van der Waals surface area contributed by atoms with E-state index in [2.05, 4.69) is 32.4 Å². The molecule has 0 bridgehead atoms. The maximum Gasteiger partial charge on any atom is 0.211 e. The van der Waals surface area contributed by atoms with E-state index in [-0.39, 0.29) is 16.6 Å². The van der Waals surface area contributed by atoms with E-state index in [0.717, 1.165) is 0 Å². The molecule has 1 aliphatic carbocycles. The van der Waals surface area contributed by atoms with Crippen LogP contribution in [0.15, 0.2) is 0 Å². The lowest BCUT2D eigenvalue weighted by atomic mass is 10.0. The molecule has 1 saturated carbocycles. The minimum atomic E-state index is -3.04. The highest BCUT2D eigenvalue weighted by Crippen LogP contribution is 2.67. The van der Waals surface area contributed by atoms with Gasteiger partial charge in [0.05, 0.1) is 5.75 Å². The van der Waals surface area contributed by atoms with Gasteiger partial charge in [0.15, 0.2) is 0 Å². The summed E-state index contributed by atoms with van der Waals surface area (Å²) >= 11 is 0. The van der Waals surface area contributed by atoms with Crippen molar-refractivity contribution in [2.75, 3.05) is 12.3 Å². The largest absolute Gasteiger partial charge is 0.215 e. The van der Waals surface area contributed by atoms with Crippen molar-refractivity contribution in [2.45, 2.75) is 41.0 Å². The molecule has 0 aromatic heterocycles. The highest BCUT2D eigenvalue weighted by atomic mass is 32.2. The Bertz CT molecular complexity index is 316. The molecule has 0 saturated heterocycles. The summed E-state index contributed by atoms with van der Waals surface area (Å²) in [6.07, 6.45) is 0.673. The van der Waals surface area contributed by atoms with E-state index in [4.69, 9.17) is 0 Å². The highest BCUT2D eigenvalue weighted by Gasteiger charge is 2.64. The zero-order valence-corrected chi connectivity index (χ0v) is 11.2. The average Bonchev–Trinajstić information content (AvgIpc) is 2.40. The molecular formula is C11H23NO2S. The summed E-state index contributed by atoms with van der Waals surface area (Å²) in [7, 11) is -3.04. The predicted molar refractivity (Wildman–Crippen MR) is 63.1 cm³/mol. The summed E-state index contributed by atoms with van der Waals surface area (Å²) in [5.41, 5.74) is 0.503. The molecule has 3 nitrogen and oxygen atoms in total. The third-order valence-corrected chi connectivity index (χ3v) is 5.85. The summed E-state index contributed by atoms with van der Waals surface area (Å²) in [4.78, 5) is 0. The molecule has 90 valence electrons. The molecule has 0 atom stereocenters. The van der Waals surface area contributed by atoms with Gasteiger partial charge in [-0.05, 0) is 23.2 Å². The van der Waals surface area contributed by atoms with Crippen molar-refractivity contribution in [1.82, 2.24) is 4.72 Å². The summed E-state index contributed by atoms with van der Waals surface area (Å²) in [6.45, 7) is 11.3. The summed E-state index contributed by atoms with van der Waals surface area (Å²) in [5, 5.41) is 0. The van der Waals surface area contributed by atoms with E-state index >= 15 is 0 Å².